The van der Waals surface area contributed by atoms with E-state index in [0.717, 1.165) is 4.47 Å². The molecule has 0 amide bonds. The number of aromatic nitrogens is 2. The van der Waals surface area contributed by atoms with Crippen LogP contribution in [0.1, 0.15) is 0 Å². The van der Waals surface area contributed by atoms with Crippen LogP contribution in [0.4, 0.5) is 0 Å². The fourth-order valence-corrected chi connectivity index (χ4v) is 1.78. The van der Waals surface area contributed by atoms with E-state index in [1.54, 1.807) is 12.1 Å². The summed E-state index contributed by atoms with van der Waals surface area (Å²) >= 11 is 9.14. The van der Waals surface area contributed by atoms with Gasteiger partial charge < -0.3 is 4.98 Å². The third-order valence-electron chi connectivity index (χ3n) is 1.69. The standard InChI is InChI=1S/C8H4BrClN2O/c9-4-1-2-5(10)6-7(4)11-3-12-8(6)13/h1-3H,(H,11,12,13). The van der Waals surface area contributed by atoms with Gasteiger partial charge in [-0.15, -0.1) is 0 Å². The van der Waals surface area contributed by atoms with Gasteiger partial charge in [-0.3, -0.25) is 4.79 Å². The van der Waals surface area contributed by atoms with Crippen LogP contribution in [-0.4, -0.2) is 9.97 Å². The number of fused-ring (bicyclic) bond motifs is 1. The fourth-order valence-electron chi connectivity index (χ4n) is 1.11. The zero-order chi connectivity index (χ0) is 9.42. The third-order valence-corrected chi connectivity index (χ3v) is 2.65. The molecule has 1 aromatic heterocycles. The molecule has 0 fully saturated rings. The lowest BCUT2D eigenvalue weighted by Crippen LogP contribution is -2.06. The van der Waals surface area contributed by atoms with Gasteiger partial charge in [0, 0.05) is 4.47 Å². The van der Waals surface area contributed by atoms with Crippen LogP contribution in [0.2, 0.25) is 5.02 Å². The van der Waals surface area contributed by atoms with Crippen LogP contribution in [0.5, 0.6) is 0 Å². The van der Waals surface area contributed by atoms with E-state index >= 15 is 0 Å². The Balaban J connectivity index is 3.09. The summed E-state index contributed by atoms with van der Waals surface area (Å²) in [6.07, 6.45) is 1.35. The number of nitrogens with one attached hydrogen (secondary N) is 1. The van der Waals surface area contributed by atoms with Crippen LogP contribution in [0.3, 0.4) is 0 Å². The van der Waals surface area contributed by atoms with E-state index in [0.29, 0.717) is 15.9 Å². The van der Waals surface area contributed by atoms with E-state index in [-0.39, 0.29) is 5.56 Å². The summed E-state index contributed by atoms with van der Waals surface area (Å²) in [4.78, 5) is 17.8. The number of hydrogen-bond donors (Lipinski definition) is 1. The second-order valence-electron chi connectivity index (χ2n) is 2.48. The maximum absolute atomic E-state index is 11.4. The van der Waals surface area contributed by atoms with E-state index < -0.39 is 0 Å². The molecule has 3 nitrogen and oxygen atoms in total. The highest BCUT2D eigenvalue weighted by atomic mass is 79.9. The summed E-state index contributed by atoms with van der Waals surface area (Å²) in [5.74, 6) is 0. The quantitative estimate of drug-likeness (QED) is 0.789. The van der Waals surface area contributed by atoms with Crippen LogP contribution < -0.4 is 5.56 Å². The third kappa shape index (κ3) is 1.36. The number of benzene rings is 1. The van der Waals surface area contributed by atoms with Crippen LogP contribution in [0.25, 0.3) is 10.9 Å². The Morgan fingerprint density at radius 3 is 2.92 bits per heavy atom. The van der Waals surface area contributed by atoms with Crippen molar-refractivity contribution in [2.24, 2.45) is 0 Å². The van der Waals surface area contributed by atoms with E-state index in [9.17, 15) is 4.79 Å². The minimum absolute atomic E-state index is 0.226. The van der Waals surface area contributed by atoms with Crippen molar-refractivity contribution in [2.75, 3.05) is 0 Å². The van der Waals surface area contributed by atoms with Gasteiger partial charge in [-0.1, -0.05) is 11.6 Å². The molecular weight excluding hydrogens is 255 g/mol. The highest BCUT2D eigenvalue weighted by Crippen LogP contribution is 2.24. The van der Waals surface area contributed by atoms with E-state index in [1.807, 2.05) is 0 Å². The van der Waals surface area contributed by atoms with E-state index in [4.69, 9.17) is 11.6 Å². The van der Waals surface area contributed by atoms with Crippen LogP contribution in [0, 0.1) is 0 Å². The fraction of sp³-hybridized carbons (Fsp3) is 0. The topological polar surface area (TPSA) is 45.8 Å². The van der Waals surface area contributed by atoms with Gasteiger partial charge in [0.15, 0.2) is 0 Å². The molecule has 0 radical (unpaired) electrons. The zero-order valence-corrected chi connectivity index (χ0v) is 8.69. The minimum atomic E-state index is -0.226. The lowest BCUT2D eigenvalue weighted by atomic mass is 10.2. The molecule has 0 saturated heterocycles. The van der Waals surface area contributed by atoms with Gasteiger partial charge in [-0.2, -0.15) is 0 Å². The molecule has 0 atom stereocenters. The van der Waals surface area contributed by atoms with Crippen LogP contribution >= 0.6 is 27.5 Å². The van der Waals surface area contributed by atoms with Gasteiger partial charge in [0.1, 0.15) is 0 Å². The van der Waals surface area contributed by atoms with E-state index in [1.165, 1.54) is 6.33 Å². The predicted octanol–water partition coefficient (Wildman–Crippen LogP) is 2.34. The van der Waals surface area contributed by atoms with Gasteiger partial charge in [-0.25, -0.2) is 4.98 Å². The van der Waals surface area contributed by atoms with Crippen molar-refractivity contribution in [1.29, 1.82) is 0 Å². The van der Waals surface area contributed by atoms with Crippen molar-refractivity contribution < 1.29 is 0 Å². The molecule has 0 saturated carbocycles. The molecule has 5 heteroatoms. The predicted molar refractivity (Wildman–Crippen MR) is 55.1 cm³/mol. The molecule has 0 bridgehead atoms. The summed E-state index contributed by atoms with van der Waals surface area (Å²) in [6, 6.07) is 3.42. The second-order valence-corrected chi connectivity index (χ2v) is 3.75. The maximum atomic E-state index is 11.4. The average Bonchev–Trinajstić information content (AvgIpc) is 2.12. The molecule has 0 aliphatic rings. The van der Waals surface area contributed by atoms with E-state index in [2.05, 4.69) is 25.9 Å². The van der Waals surface area contributed by atoms with Gasteiger partial charge in [0.05, 0.1) is 22.3 Å². The molecule has 1 heterocycles. The van der Waals surface area contributed by atoms with Crippen LogP contribution in [0.15, 0.2) is 27.7 Å². The largest absolute Gasteiger partial charge is 0.313 e. The van der Waals surface area contributed by atoms with Gasteiger partial charge in [0.25, 0.3) is 5.56 Å². The van der Waals surface area contributed by atoms with Gasteiger partial charge in [0.2, 0.25) is 0 Å². The number of rotatable bonds is 0. The first-order chi connectivity index (χ1) is 6.20. The van der Waals surface area contributed by atoms with Crippen molar-refractivity contribution in [3.05, 3.63) is 38.3 Å². The number of H-pyrrole nitrogens is 1. The molecule has 0 aliphatic carbocycles. The molecule has 1 aromatic carbocycles. The van der Waals surface area contributed by atoms with Crippen LogP contribution in [-0.2, 0) is 0 Å². The first kappa shape index (κ1) is 8.72. The highest BCUT2D eigenvalue weighted by molar-refractivity contribution is 9.10. The molecular formula is C8H4BrClN2O. The summed E-state index contributed by atoms with van der Waals surface area (Å²) in [5.41, 5.74) is 0.354. The van der Waals surface area contributed by atoms with Crippen molar-refractivity contribution in [3.63, 3.8) is 0 Å². The molecule has 2 aromatic rings. The SMILES string of the molecule is O=c1[nH]cnc2c(Br)ccc(Cl)c12. The normalized spacial score (nSPS) is 10.6. The Kier molecular flexibility index (Phi) is 2.09. The molecule has 2 rings (SSSR count). The van der Waals surface area contributed by atoms with Crippen molar-refractivity contribution in [3.8, 4) is 0 Å². The minimum Gasteiger partial charge on any atom is -0.313 e. The number of aromatic amines is 1. The molecule has 0 spiro atoms. The van der Waals surface area contributed by atoms with Crippen molar-refractivity contribution in [1.82, 2.24) is 9.97 Å². The first-order valence-corrected chi connectivity index (χ1v) is 4.68. The van der Waals surface area contributed by atoms with Crippen molar-refractivity contribution >= 4 is 38.4 Å². The smallest absolute Gasteiger partial charge is 0.260 e. The molecule has 0 unspecified atom stereocenters. The lowest BCUT2D eigenvalue weighted by Gasteiger charge is -1.99. The molecule has 66 valence electrons. The number of halogens is 2. The summed E-state index contributed by atoms with van der Waals surface area (Å²) in [5, 5.41) is 0.825. The Labute approximate surface area is 86.9 Å². The van der Waals surface area contributed by atoms with Gasteiger partial charge in [-0.05, 0) is 28.1 Å². The highest BCUT2D eigenvalue weighted by Gasteiger charge is 2.06. The molecule has 0 aliphatic heterocycles. The first-order valence-electron chi connectivity index (χ1n) is 3.51. The Hall–Kier alpha value is -0.870. The van der Waals surface area contributed by atoms with Gasteiger partial charge >= 0.3 is 0 Å². The monoisotopic (exact) mass is 258 g/mol. The maximum Gasteiger partial charge on any atom is 0.260 e. The Morgan fingerprint density at radius 1 is 1.46 bits per heavy atom. The molecule has 1 N–H and O–H groups in total. The summed E-state index contributed by atoms with van der Waals surface area (Å²) < 4.78 is 0.762. The Bertz CT molecular complexity index is 523. The molecule has 13 heavy (non-hydrogen) atoms. The number of hydrogen-bond acceptors (Lipinski definition) is 2. The summed E-state index contributed by atoms with van der Waals surface area (Å²) in [6.45, 7) is 0. The number of nitrogens with zero attached hydrogens (tertiary/aromatic N) is 1. The second kappa shape index (κ2) is 3.12. The zero-order valence-electron chi connectivity index (χ0n) is 6.34. The summed E-state index contributed by atoms with van der Waals surface area (Å²) in [7, 11) is 0. The Morgan fingerprint density at radius 2 is 2.23 bits per heavy atom. The average molecular weight is 259 g/mol. The van der Waals surface area contributed by atoms with Crippen molar-refractivity contribution in [2.45, 2.75) is 0 Å². The lowest BCUT2D eigenvalue weighted by molar-refractivity contribution is 1.17.